The molecule has 0 rings (SSSR count). The zero-order valence-corrected chi connectivity index (χ0v) is 7.34. The van der Waals surface area contributed by atoms with Gasteiger partial charge in [-0.25, -0.2) is 0 Å². The van der Waals surface area contributed by atoms with Crippen LogP contribution < -0.4 is 5.73 Å². The van der Waals surface area contributed by atoms with E-state index in [9.17, 15) is 0 Å². The largest absolute Gasteiger partial charge is 0.495 e. The smallest absolute Gasteiger partial charge is 0.390 e. The molecule has 0 aromatic carbocycles. The van der Waals surface area contributed by atoms with Crippen LogP contribution in [0.25, 0.3) is 0 Å². The maximum absolute atomic E-state index is 9.09. The summed E-state index contributed by atoms with van der Waals surface area (Å²) in [6.45, 7) is 2.84. The van der Waals surface area contributed by atoms with Gasteiger partial charge in [-0.05, 0) is 6.92 Å². The zero-order valence-electron chi connectivity index (χ0n) is 6.34. The monoisotopic (exact) mass is 166 g/mol. The molecule has 0 atom stereocenters. The lowest BCUT2D eigenvalue weighted by atomic mass is 10.5. The molecule has 0 bridgehead atoms. The van der Waals surface area contributed by atoms with Crippen LogP contribution in [0.15, 0.2) is 0 Å². The Labute approximate surface area is 62.0 Å². The molecule has 0 aromatic rings. The first-order chi connectivity index (χ1) is 4.62. The van der Waals surface area contributed by atoms with E-state index in [1.54, 1.807) is 6.92 Å². The molecule has 0 fully saturated rings. The van der Waals surface area contributed by atoms with Gasteiger partial charge >= 0.3 is 8.80 Å². The molecule has 62 valence electrons. The van der Waals surface area contributed by atoms with Crippen molar-refractivity contribution in [3.05, 3.63) is 0 Å². The van der Waals surface area contributed by atoms with Crippen LogP contribution in [0.4, 0.5) is 0 Å². The molecule has 0 saturated heterocycles. The lowest BCUT2D eigenvalue weighted by Gasteiger charge is -2.14. The number of hydrogen-bond donors (Lipinski definition) is 3. The van der Waals surface area contributed by atoms with Crippen molar-refractivity contribution in [3.63, 3.8) is 0 Å². The van der Waals surface area contributed by atoms with E-state index in [0.717, 1.165) is 13.0 Å². The van der Waals surface area contributed by atoms with E-state index in [-0.39, 0.29) is 0 Å². The van der Waals surface area contributed by atoms with Crippen molar-refractivity contribution in [1.82, 2.24) is 0 Å². The lowest BCUT2D eigenvalue weighted by Crippen LogP contribution is -2.51. The van der Waals surface area contributed by atoms with Gasteiger partial charge in [0.15, 0.2) is 0 Å². The molecule has 0 aliphatic heterocycles. The minimum Gasteiger partial charge on any atom is -0.390 e. The second-order valence-corrected chi connectivity index (χ2v) is 4.41. The normalized spacial score (nSPS) is 12.0. The summed E-state index contributed by atoms with van der Waals surface area (Å²) in [5.74, 6) is 0. The van der Waals surface area contributed by atoms with Gasteiger partial charge < -0.3 is 19.8 Å². The molecule has 0 radical (unpaired) electrons. The molecule has 0 amide bonds. The maximum atomic E-state index is 9.09. The zero-order chi connectivity index (χ0) is 8.04. The number of hydrogen-bond acceptors (Lipinski definition) is 3. The first-order valence-corrected chi connectivity index (χ1v) is 5.51. The van der Waals surface area contributed by atoms with Crippen molar-refractivity contribution in [1.29, 1.82) is 0 Å². The van der Waals surface area contributed by atoms with E-state index in [2.05, 4.69) is 5.73 Å². The van der Waals surface area contributed by atoms with Gasteiger partial charge in [-0.1, -0.05) is 0 Å². The topological polar surface area (TPSA) is 77.3 Å². The van der Waals surface area contributed by atoms with Crippen molar-refractivity contribution in [2.75, 3.05) is 13.2 Å². The summed E-state index contributed by atoms with van der Waals surface area (Å²) < 4.78 is 4.75. The molecule has 4 nitrogen and oxygen atoms in total. The van der Waals surface area contributed by atoms with Crippen LogP contribution in [0.2, 0.25) is 6.04 Å². The fourth-order valence-electron chi connectivity index (χ4n) is 0.659. The molecule has 0 spiro atoms. The second kappa shape index (κ2) is 4.81. The van der Waals surface area contributed by atoms with E-state index in [0.29, 0.717) is 12.7 Å². The van der Waals surface area contributed by atoms with E-state index >= 15 is 0 Å². The van der Waals surface area contributed by atoms with Crippen LogP contribution in [0.1, 0.15) is 13.3 Å². The first kappa shape index (κ1) is 10.1. The molecule has 0 aliphatic rings. The molecule has 0 aromatic heterocycles. The predicted octanol–water partition coefficient (Wildman–Crippen LogP) is -1.42. The van der Waals surface area contributed by atoms with Gasteiger partial charge in [0, 0.05) is 19.1 Å². The third-order valence-corrected chi connectivity index (χ3v) is 2.88. The van der Waals surface area contributed by atoms with Gasteiger partial charge in [-0.15, -0.1) is 0 Å². The molecular formula is C5H16NO3Si+. The minimum atomic E-state index is -3.26. The Bertz CT molecular complexity index is 89.0. The Morgan fingerprint density at radius 1 is 1.50 bits per heavy atom. The van der Waals surface area contributed by atoms with Gasteiger partial charge in [0.2, 0.25) is 0 Å². The molecule has 5 heteroatoms. The standard InChI is InChI=1S/C5H15NO3Si/c1-2-9-10(7,8)5-3-4-6/h7-8H,2-6H2,1H3/p+1. The summed E-state index contributed by atoms with van der Waals surface area (Å²) in [5.41, 5.74) is 3.59. The summed E-state index contributed by atoms with van der Waals surface area (Å²) in [6, 6.07) is 0.365. The van der Waals surface area contributed by atoms with Crippen LogP contribution in [-0.2, 0) is 4.43 Å². The lowest BCUT2D eigenvalue weighted by molar-refractivity contribution is -0.367. The highest BCUT2D eigenvalue weighted by atomic mass is 28.4. The average Bonchev–Trinajstić information content (AvgIpc) is 1.84. The van der Waals surface area contributed by atoms with Gasteiger partial charge in [0.25, 0.3) is 0 Å². The Hall–Kier alpha value is 0.0569. The fraction of sp³-hybridized carbons (Fsp3) is 1.00. The molecule has 0 saturated carbocycles. The summed E-state index contributed by atoms with van der Waals surface area (Å²) in [4.78, 5) is 18.2. The number of quaternary nitrogens is 1. The Morgan fingerprint density at radius 2 is 2.10 bits per heavy atom. The third-order valence-electron chi connectivity index (χ3n) is 1.13. The van der Waals surface area contributed by atoms with E-state index < -0.39 is 8.80 Å². The predicted molar refractivity (Wildman–Crippen MR) is 39.0 cm³/mol. The number of rotatable bonds is 5. The van der Waals surface area contributed by atoms with Gasteiger partial charge in [-0.3, -0.25) is 0 Å². The van der Waals surface area contributed by atoms with E-state index in [1.807, 2.05) is 0 Å². The van der Waals surface area contributed by atoms with Crippen LogP contribution in [0.5, 0.6) is 0 Å². The van der Waals surface area contributed by atoms with Gasteiger partial charge in [0.1, 0.15) is 0 Å². The van der Waals surface area contributed by atoms with Crippen molar-refractivity contribution in [2.24, 2.45) is 0 Å². The van der Waals surface area contributed by atoms with Gasteiger partial charge in [0.05, 0.1) is 6.54 Å². The molecular weight excluding hydrogens is 150 g/mol. The first-order valence-electron chi connectivity index (χ1n) is 3.50. The highest BCUT2D eigenvalue weighted by Gasteiger charge is 2.30. The average molecular weight is 166 g/mol. The second-order valence-electron chi connectivity index (χ2n) is 2.13. The quantitative estimate of drug-likeness (QED) is 0.439. The highest BCUT2D eigenvalue weighted by molar-refractivity contribution is 6.57. The summed E-state index contributed by atoms with van der Waals surface area (Å²) in [6.07, 6.45) is 0.721. The Morgan fingerprint density at radius 3 is 2.50 bits per heavy atom. The molecule has 10 heavy (non-hydrogen) atoms. The summed E-state index contributed by atoms with van der Waals surface area (Å²) in [5, 5.41) is 0. The van der Waals surface area contributed by atoms with E-state index in [4.69, 9.17) is 14.0 Å². The van der Waals surface area contributed by atoms with Gasteiger partial charge in [-0.2, -0.15) is 0 Å². The molecule has 5 N–H and O–H groups in total. The van der Waals surface area contributed by atoms with Crippen LogP contribution in [0.3, 0.4) is 0 Å². The molecule has 0 unspecified atom stereocenters. The summed E-state index contributed by atoms with van der Waals surface area (Å²) >= 11 is 0. The van der Waals surface area contributed by atoms with Crippen molar-refractivity contribution in [2.45, 2.75) is 19.4 Å². The summed E-state index contributed by atoms with van der Waals surface area (Å²) in [7, 11) is -3.26. The van der Waals surface area contributed by atoms with Crippen molar-refractivity contribution in [3.8, 4) is 0 Å². The fourth-order valence-corrected chi connectivity index (χ4v) is 1.98. The molecule has 0 heterocycles. The minimum absolute atomic E-state index is 0.365. The van der Waals surface area contributed by atoms with Crippen molar-refractivity contribution >= 4 is 8.80 Å². The van der Waals surface area contributed by atoms with E-state index in [1.165, 1.54) is 0 Å². The SMILES string of the molecule is CCO[Si](O)(O)CCC[NH3+]. The Balaban J connectivity index is 3.42. The van der Waals surface area contributed by atoms with Crippen LogP contribution in [-0.4, -0.2) is 31.5 Å². The molecule has 0 aliphatic carbocycles. The maximum Gasteiger partial charge on any atom is 0.495 e. The van der Waals surface area contributed by atoms with Crippen LogP contribution >= 0.6 is 0 Å². The van der Waals surface area contributed by atoms with Crippen LogP contribution in [0, 0.1) is 0 Å². The third kappa shape index (κ3) is 4.89. The Kier molecular flexibility index (Phi) is 4.84. The van der Waals surface area contributed by atoms with Crippen molar-refractivity contribution < 1.29 is 19.8 Å². The highest BCUT2D eigenvalue weighted by Crippen LogP contribution is 2.04.